The number of thiophene rings is 2. The molecule has 0 saturated carbocycles. The average Bonchev–Trinajstić information content (AvgIpc) is 3.15. The molecule has 21 heavy (non-hydrogen) atoms. The molecule has 0 radical (unpaired) electrons. The summed E-state index contributed by atoms with van der Waals surface area (Å²) in [6.07, 6.45) is 1.10. The second kappa shape index (κ2) is 4.96. The summed E-state index contributed by atoms with van der Waals surface area (Å²) in [5.74, 6) is 1.75. The quantitative estimate of drug-likeness (QED) is 0.778. The summed E-state index contributed by atoms with van der Waals surface area (Å²) >= 11 is 3.54. The fraction of sp³-hybridized carbons (Fsp3) is 0.333. The third-order valence-corrected chi connectivity index (χ3v) is 5.88. The van der Waals surface area contributed by atoms with Gasteiger partial charge in [-0.2, -0.15) is 4.98 Å². The van der Waals surface area contributed by atoms with Gasteiger partial charge in [-0.25, -0.2) is 4.98 Å². The van der Waals surface area contributed by atoms with Crippen LogP contribution in [-0.2, 0) is 6.42 Å². The van der Waals surface area contributed by atoms with Gasteiger partial charge in [0.1, 0.15) is 10.6 Å². The van der Waals surface area contributed by atoms with Crippen molar-refractivity contribution in [3.63, 3.8) is 0 Å². The van der Waals surface area contributed by atoms with Crippen molar-refractivity contribution >= 4 is 44.7 Å². The minimum atomic E-state index is 0.364. The van der Waals surface area contributed by atoms with Crippen LogP contribution in [-0.4, -0.2) is 23.6 Å². The minimum absolute atomic E-state index is 0.364. The van der Waals surface area contributed by atoms with E-state index in [1.165, 1.54) is 10.4 Å². The molecule has 1 aliphatic rings. The predicted molar refractivity (Wildman–Crippen MR) is 90.7 cm³/mol. The lowest BCUT2D eigenvalue weighted by atomic mass is 10.0. The summed E-state index contributed by atoms with van der Waals surface area (Å²) in [4.78, 5) is 14.3. The van der Waals surface area contributed by atoms with Crippen LogP contribution in [0.2, 0.25) is 0 Å². The lowest BCUT2D eigenvalue weighted by Crippen LogP contribution is -2.34. The SMILES string of the molecule is CNc1nc(N2CCc3sccc3C2C)c2ccsc2n1. The van der Waals surface area contributed by atoms with E-state index in [2.05, 4.69) is 45.0 Å². The largest absolute Gasteiger partial charge is 0.357 e. The zero-order chi connectivity index (χ0) is 14.4. The predicted octanol–water partition coefficient (Wildman–Crippen LogP) is 3.92. The van der Waals surface area contributed by atoms with Gasteiger partial charge in [-0.3, -0.25) is 0 Å². The Morgan fingerprint density at radius 2 is 2.10 bits per heavy atom. The molecule has 0 amide bonds. The smallest absolute Gasteiger partial charge is 0.225 e. The number of hydrogen-bond donors (Lipinski definition) is 1. The average molecular weight is 316 g/mol. The van der Waals surface area contributed by atoms with Gasteiger partial charge in [0, 0.05) is 18.5 Å². The fourth-order valence-electron chi connectivity index (χ4n) is 2.97. The van der Waals surface area contributed by atoms with E-state index in [4.69, 9.17) is 4.98 Å². The Labute approximate surface area is 131 Å². The van der Waals surface area contributed by atoms with Crippen molar-refractivity contribution in [3.05, 3.63) is 33.3 Å². The highest BCUT2D eigenvalue weighted by Crippen LogP contribution is 2.38. The standard InChI is InChI=1S/C15H16N4S2/c1-9-10-4-7-20-12(10)3-6-19(9)13-11-5-8-21-14(11)18-15(16-2)17-13/h4-5,7-9H,3,6H2,1-2H3,(H,16,17,18). The molecule has 0 saturated heterocycles. The molecule has 0 bridgehead atoms. The van der Waals surface area contributed by atoms with Crippen molar-refractivity contribution in [1.29, 1.82) is 0 Å². The fourth-order valence-corrected chi connectivity index (χ4v) is 4.69. The Morgan fingerprint density at radius 3 is 2.95 bits per heavy atom. The second-order valence-electron chi connectivity index (χ2n) is 5.18. The Balaban J connectivity index is 1.85. The summed E-state index contributed by atoms with van der Waals surface area (Å²) in [6, 6.07) is 4.75. The normalized spacial score (nSPS) is 18.0. The van der Waals surface area contributed by atoms with Crippen LogP contribution in [0, 0.1) is 0 Å². The van der Waals surface area contributed by atoms with Gasteiger partial charge in [-0.15, -0.1) is 22.7 Å². The first-order valence-electron chi connectivity index (χ1n) is 7.04. The summed E-state index contributed by atoms with van der Waals surface area (Å²) in [5, 5.41) is 8.52. The van der Waals surface area contributed by atoms with E-state index >= 15 is 0 Å². The van der Waals surface area contributed by atoms with E-state index in [0.717, 1.165) is 29.0 Å². The van der Waals surface area contributed by atoms with Crippen molar-refractivity contribution in [3.8, 4) is 0 Å². The van der Waals surface area contributed by atoms with Crippen LogP contribution in [0.1, 0.15) is 23.4 Å². The summed E-state index contributed by atoms with van der Waals surface area (Å²) in [7, 11) is 1.87. The number of fused-ring (bicyclic) bond motifs is 2. The third-order valence-electron chi connectivity index (χ3n) is 4.08. The number of nitrogens with zero attached hydrogens (tertiary/aromatic N) is 3. The van der Waals surface area contributed by atoms with Gasteiger partial charge in [0.05, 0.1) is 11.4 Å². The number of nitrogens with one attached hydrogen (secondary N) is 1. The van der Waals surface area contributed by atoms with Crippen molar-refractivity contribution in [2.75, 3.05) is 23.8 Å². The lowest BCUT2D eigenvalue weighted by molar-refractivity contribution is 0.627. The Hall–Kier alpha value is -1.66. The van der Waals surface area contributed by atoms with Crippen LogP contribution in [0.15, 0.2) is 22.9 Å². The maximum absolute atomic E-state index is 4.74. The van der Waals surface area contributed by atoms with E-state index in [1.807, 2.05) is 18.4 Å². The minimum Gasteiger partial charge on any atom is -0.357 e. The van der Waals surface area contributed by atoms with Crippen LogP contribution in [0.3, 0.4) is 0 Å². The second-order valence-corrected chi connectivity index (χ2v) is 7.07. The van der Waals surface area contributed by atoms with Gasteiger partial charge < -0.3 is 10.2 Å². The molecular weight excluding hydrogens is 300 g/mol. The van der Waals surface area contributed by atoms with Crippen molar-refractivity contribution in [2.45, 2.75) is 19.4 Å². The highest BCUT2D eigenvalue weighted by atomic mass is 32.1. The number of anilines is 2. The van der Waals surface area contributed by atoms with E-state index in [9.17, 15) is 0 Å². The van der Waals surface area contributed by atoms with Crippen molar-refractivity contribution in [1.82, 2.24) is 9.97 Å². The monoisotopic (exact) mass is 316 g/mol. The first-order chi connectivity index (χ1) is 10.3. The zero-order valence-corrected chi connectivity index (χ0v) is 13.6. The van der Waals surface area contributed by atoms with Gasteiger partial charge in [-0.05, 0) is 41.8 Å². The first kappa shape index (κ1) is 13.0. The van der Waals surface area contributed by atoms with E-state index in [-0.39, 0.29) is 0 Å². The number of hydrogen-bond acceptors (Lipinski definition) is 6. The molecule has 1 aliphatic heterocycles. The third kappa shape index (κ3) is 2.01. The highest BCUT2D eigenvalue weighted by Gasteiger charge is 2.27. The van der Waals surface area contributed by atoms with Crippen LogP contribution in [0.5, 0.6) is 0 Å². The Kier molecular flexibility index (Phi) is 3.08. The molecule has 4 rings (SSSR count). The Morgan fingerprint density at radius 1 is 1.24 bits per heavy atom. The van der Waals surface area contributed by atoms with Crippen LogP contribution >= 0.6 is 22.7 Å². The summed E-state index contributed by atoms with van der Waals surface area (Å²) in [6.45, 7) is 3.28. The van der Waals surface area contributed by atoms with Crippen LogP contribution < -0.4 is 10.2 Å². The van der Waals surface area contributed by atoms with E-state index in [1.54, 1.807) is 11.3 Å². The molecule has 0 fully saturated rings. The number of aromatic nitrogens is 2. The maximum atomic E-state index is 4.74. The zero-order valence-electron chi connectivity index (χ0n) is 12.0. The Bertz CT molecular complexity index is 792. The molecule has 0 aromatic carbocycles. The molecule has 0 spiro atoms. The number of rotatable bonds is 2. The maximum Gasteiger partial charge on any atom is 0.225 e. The van der Waals surface area contributed by atoms with Crippen molar-refractivity contribution in [2.24, 2.45) is 0 Å². The van der Waals surface area contributed by atoms with Crippen molar-refractivity contribution < 1.29 is 0 Å². The van der Waals surface area contributed by atoms with E-state index < -0.39 is 0 Å². The van der Waals surface area contributed by atoms with Gasteiger partial charge in [0.15, 0.2) is 0 Å². The topological polar surface area (TPSA) is 41.1 Å². The lowest BCUT2D eigenvalue weighted by Gasteiger charge is -2.35. The molecule has 4 nitrogen and oxygen atoms in total. The molecule has 0 aliphatic carbocycles. The van der Waals surface area contributed by atoms with Crippen LogP contribution in [0.25, 0.3) is 10.2 Å². The highest BCUT2D eigenvalue weighted by molar-refractivity contribution is 7.16. The van der Waals surface area contributed by atoms with Gasteiger partial charge in [-0.1, -0.05) is 0 Å². The molecule has 3 aromatic rings. The molecule has 1 unspecified atom stereocenters. The van der Waals surface area contributed by atoms with Crippen LogP contribution in [0.4, 0.5) is 11.8 Å². The van der Waals surface area contributed by atoms with Gasteiger partial charge in [0.25, 0.3) is 0 Å². The summed E-state index contributed by atoms with van der Waals surface area (Å²) < 4.78 is 0. The molecule has 108 valence electrons. The molecule has 6 heteroatoms. The van der Waals surface area contributed by atoms with Gasteiger partial charge in [0.2, 0.25) is 5.95 Å². The van der Waals surface area contributed by atoms with E-state index in [0.29, 0.717) is 12.0 Å². The van der Waals surface area contributed by atoms with Gasteiger partial charge >= 0.3 is 0 Å². The molecular formula is C15H16N4S2. The summed E-state index contributed by atoms with van der Waals surface area (Å²) in [5.41, 5.74) is 1.44. The molecule has 4 heterocycles. The molecule has 1 N–H and O–H groups in total. The molecule has 1 atom stereocenters. The molecule has 3 aromatic heterocycles. The first-order valence-corrected chi connectivity index (χ1v) is 8.80.